The van der Waals surface area contributed by atoms with Crippen LogP contribution in [0.2, 0.25) is 0 Å². The molecule has 3 rings (SSSR count). The molecule has 0 atom stereocenters. The van der Waals surface area contributed by atoms with E-state index in [9.17, 15) is 4.79 Å². The molecule has 1 aromatic heterocycles. The highest BCUT2D eigenvalue weighted by Gasteiger charge is 2.27. The van der Waals surface area contributed by atoms with Gasteiger partial charge in [-0.25, -0.2) is 0 Å². The van der Waals surface area contributed by atoms with Crippen molar-refractivity contribution in [2.75, 3.05) is 19.6 Å². The highest BCUT2D eigenvalue weighted by molar-refractivity contribution is 5.97. The second kappa shape index (κ2) is 8.48. The first kappa shape index (κ1) is 19.7. The van der Waals surface area contributed by atoms with Crippen molar-refractivity contribution in [2.45, 2.75) is 19.8 Å². The van der Waals surface area contributed by atoms with Gasteiger partial charge in [0.05, 0.1) is 5.52 Å². The number of nitrogens with zero attached hydrogens (tertiary/aromatic N) is 1. The van der Waals surface area contributed by atoms with E-state index in [-0.39, 0.29) is 36.1 Å². The van der Waals surface area contributed by atoms with E-state index in [2.05, 4.69) is 22.5 Å². The molecule has 2 N–H and O–H groups in total. The van der Waals surface area contributed by atoms with Gasteiger partial charge in [0.1, 0.15) is 0 Å². The number of nitrogens with one attached hydrogen (secondary N) is 2. The fourth-order valence-electron chi connectivity index (χ4n) is 2.82. The van der Waals surface area contributed by atoms with Gasteiger partial charge >= 0.3 is 0 Å². The Hall–Kier alpha value is -1.36. The lowest BCUT2D eigenvalue weighted by atomic mass is 9.81. The number of piperidine rings is 1. The van der Waals surface area contributed by atoms with Crippen LogP contribution in [-0.4, -0.2) is 30.5 Å². The molecule has 1 fully saturated rings. The Balaban J connectivity index is 0.00000132. The summed E-state index contributed by atoms with van der Waals surface area (Å²) in [5.74, 6) is 0.000473. The molecule has 23 heavy (non-hydrogen) atoms. The van der Waals surface area contributed by atoms with Gasteiger partial charge in [0.2, 0.25) is 0 Å². The van der Waals surface area contributed by atoms with Crippen molar-refractivity contribution < 1.29 is 4.79 Å². The number of fused-ring (bicyclic) bond motifs is 1. The maximum absolute atomic E-state index is 12.3. The average molecular weight is 356 g/mol. The zero-order valence-corrected chi connectivity index (χ0v) is 14.8. The number of hydrogen-bond acceptors (Lipinski definition) is 3. The topological polar surface area (TPSA) is 54.0 Å². The standard InChI is InChI=1S/C17H21N3O.2ClH/c1-17(6-9-18-10-7-17)12-20-16(21)14-4-5-15-13(11-14)3-2-8-19-15;;/h2-5,8,11,18H,6-7,9-10,12H2,1H3,(H,20,21);2*1H. The van der Waals surface area contributed by atoms with E-state index in [1.54, 1.807) is 6.20 Å². The fraction of sp³-hybridized carbons (Fsp3) is 0.412. The second-order valence-electron chi connectivity index (χ2n) is 6.15. The summed E-state index contributed by atoms with van der Waals surface area (Å²) in [5, 5.41) is 7.44. The molecule has 0 radical (unpaired) electrons. The first-order chi connectivity index (χ1) is 10.2. The van der Waals surface area contributed by atoms with Crippen LogP contribution in [0.25, 0.3) is 10.9 Å². The number of halogens is 2. The third-order valence-corrected chi connectivity index (χ3v) is 4.35. The zero-order valence-electron chi connectivity index (χ0n) is 13.2. The molecule has 0 aliphatic carbocycles. The summed E-state index contributed by atoms with van der Waals surface area (Å²) in [6.45, 7) is 5.05. The van der Waals surface area contributed by atoms with Crippen LogP contribution in [0.5, 0.6) is 0 Å². The first-order valence-corrected chi connectivity index (χ1v) is 7.50. The number of aromatic nitrogens is 1. The molecule has 1 saturated heterocycles. The van der Waals surface area contributed by atoms with Crippen molar-refractivity contribution in [1.82, 2.24) is 15.6 Å². The van der Waals surface area contributed by atoms with Crippen molar-refractivity contribution in [2.24, 2.45) is 5.41 Å². The van der Waals surface area contributed by atoms with E-state index < -0.39 is 0 Å². The second-order valence-corrected chi connectivity index (χ2v) is 6.15. The molecule has 0 bridgehead atoms. The molecular formula is C17H23Cl2N3O. The number of amides is 1. The average Bonchev–Trinajstić information content (AvgIpc) is 2.53. The number of carbonyl (C=O) groups is 1. The third kappa shape index (κ3) is 4.80. The van der Waals surface area contributed by atoms with Crippen molar-refractivity contribution in [1.29, 1.82) is 0 Å². The van der Waals surface area contributed by atoms with Gasteiger partial charge < -0.3 is 10.6 Å². The molecule has 0 unspecified atom stereocenters. The van der Waals surface area contributed by atoms with Crippen LogP contribution in [0.15, 0.2) is 36.5 Å². The van der Waals surface area contributed by atoms with Crippen molar-refractivity contribution in [3.05, 3.63) is 42.1 Å². The summed E-state index contributed by atoms with van der Waals surface area (Å²) in [6, 6.07) is 9.52. The van der Waals surface area contributed by atoms with E-state index in [0.717, 1.165) is 43.4 Å². The lowest BCUT2D eigenvalue weighted by Crippen LogP contribution is -2.42. The Bertz CT molecular complexity index is 657. The van der Waals surface area contributed by atoms with Crippen LogP contribution in [-0.2, 0) is 0 Å². The van der Waals surface area contributed by atoms with Gasteiger partial charge in [-0.2, -0.15) is 0 Å². The molecule has 0 saturated carbocycles. The minimum Gasteiger partial charge on any atom is -0.351 e. The minimum absolute atomic E-state index is 0. The van der Waals surface area contributed by atoms with Crippen molar-refractivity contribution in [3.8, 4) is 0 Å². The Labute approximate surface area is 149 Å². The van der Waals surface area contributed by atoms with Gasteiger partial charge in [-0.3, -0.25) is 9.78 Å². The van der Waals surface area contributed by atoms with E-state index in [1.807, 2.05) is 30.3 Å². The number of carbonyl (C=O) groups excluding carboxylic acids is 1. The summed E-state index contributed by atoms with van der Waals surface area (Å²) in [5.41, 5.74) is 1.83. The highest BCUT2D eigenvalue weighted by atomic mass is 35.5. The Morgan fingerprint density at radius 2 is 2.00 bits per heavy atom. The maximum Gasteiger partial charge on any atom is 0.251 e. The largest absolute Gasteiger partial charge is 0.351 e. The van der Waals surface area contributed by atoms with Crippen LogP contribution in [0.3, 0.4) is 0 Å². The van der Waals surface area contributed by atoms with Gasteiger partial charge in [-0.15, -0.1) is 24.8 Å². The summed E-state index contributed by atoms with van der Waals surface area (Å²) in [4.78, 5) is 16.6. The predicted octanol–water partition coefficient (Wildman–Crippen LogP) is 3.20. The predicted molar refractivity (Wildman–Crippen MR) is 98.8 cm³/mol. The molecule has 126 valence electrons. The fourth-order valence-corrected chi connectivity index (χ4v) is 2.82. The number of pyridine rings is 1. The van der Waals surface area contributed by atoms with Crippen LogP contribution in [0.4, 0.5) is 0 Å². The SMILES string of the molecule is CC1(CNC(=O)c2ccc3ncccc3c2)CCNCC1.Cl.Cl. The molecule has 2 aromatic rings. The van der Waals surface area contributed by atoms with Crippen molar-refractivity contribution >= 4 is 41.6 Å². The summed E-state index contributed by atoms with van der Waals surface area (Å²) >= 11 is 0. The smallest absolute Gasteiger partial charge is 0.251 e. The molecule has 1 aromatic carbocycles. The summed E-state index contributed by atoms with van der Waals surface area (Å²) < 4.78 is 0. The first-order valence-electron chi connectivity index (χ1n) is 7.50. The summed E-state index contributed by atoms with van der Waals surface area (Å²) in [7, 11) is 0. The van der Waals surface area contributed by atoms with Crippen LogP contribution in [0.1, 0.15) is 30.1 Å². The van der Waals surface area contributed by atoms with Gasteiger partial charge in [0.15, 0.2) is 0 Å². The van der Waals surface area contributed by atoms with E-state index in [4.69, 9.17) is 0 Å². The number of rotatable bonds is 3. The van der Waals surface area contributed by atoms with Crippen molar-refractivity contribution in [3.63, 3.8) is 0 Å². The molecular weight excluding hydrogens is 333 g/mol. The molecule has 1 aliphatic rings. The molecule has 4 nitrogen and oxygen atoms in total. The van der Waals surface area contributed by atoms with E-state index >= 15 is 0 Å². The molecule has 1 amide bonds. The number of benzene rings is 1. The zero-order chi connectivity index (χ0) is 14.7. The minimum atomic E-state index is 0. The van der Waals surface area contributed by atoms with Crippen LogP contribution < -0.4 is 10.6 Å². The quantitative estimate of drug-likeness (QED) is 0.888. The van der Waals surface area contributed by atoms with Gasteiger partial charge in [0, 0.05) is 23.7 Å². The molecule has 6 heteroatoms. The lowest BCUT2D eigenvalue weighted by Gasteiger charge is -2.34. The monoisotopic (exact) mass is 355 g/mol. The van der Waals surface area contributed by atoms with Crippen LogP contribution in [0, 0.1) is 5.41 Å². The highest BCUT2D eigenvalue weighted by Crippen LogP contribution is 2.26. The summed E-state index contributed by atoms with van der Waals surface area (Å²) in [6.07, 6.45) is 3.98. The molecule has 2 heterocycles. The molecule has 1 aliphatic heterocycles. The third-order valence-electron chi connectivity index (χ3n) is 4.35. The Morgan fingerprint density at radius 1 is 1.26 bits per heavy atom. The van der Waals surface area contributed by atoms with Gasteiger partial charge in [-0.1, -0.05) is 13.0 Å². The van der Waals surface area contributed by atoms with E-state index in [0.29, 0.717) is 5.56 Å². The number of hydrogen-bond donors (Lipinski definition) is 2. The normalized spacial score (nSPS) is 16.0. The van der Waals surface area contributed by atoms with E-state index in [1.165, 1.54) is 0 Å². The van der Waals surface area contributed by atoms with Gasteiger partial charge in [-0.05, 0) is 55.6 Å². The lowest BCUT2D eigenvalue weighted by molar-refractivity contribution is 0.0922. The Kier molecular flexibility index (Phi) is 7.26. The molecule has 0 spiro atoms. The van der Waals surface area contributed by atoms with Crippen LogP contribution >= 0.6 is 24.8 Å². The maximum atomic E-state index is 12.3. The Morgan fingerprint density at radius 3 is 2.74 bits per heavy atom. The van der Waals surface area contributed by atoms with Gasteiger partial charge in [0.25, 0.3) is 5.91 Å².